The van der Waals surface area contributed by atoms with Gasteiger partial charge in [0.2, 0.25) is 11.8 Å². The molecule has 160 valence electrons. The van der Waals surface area contributed by atoms with Crippen molar-refractivity contribution in [2.45, 2.75) is 45.1 Å². The van der Waals surface area contributed by atoms with Crippen molar-refractivity contribution in [2.75, 3.05) is 6.61 Å². The first-order valence-corrected chi connectivity index (χ1v) is 11.2. The van der Waals surface area contributed by atoms with E-state index < -0.39 is 23.8 Å². The van der Waals surface area contributed by atoms with Gasteiger partial charge < -0.3 is 4.74 Å². The summed E-state index contributed by atoms with van der Waals surface area (Å²) in [5.74, 6) is -2.06. The molecule has 31 heavy (non-hydrogen) atoms. The highest BCUT2D eigenvalue weighted by Gasteiger charge is 2.63. The third-order valence-corrected chi connectivity index (χ3v) is 7.05. The van der Waals surface area contributed by atoms with E-state index in [9.17, 15) is 14.4 Å². The van der Waals surface area contributed by atoms with Gasteiger partial charge in [0.15, 0.2) is 0 Å². The van der Waals surface area contributed by atoms with Crippen LogP contribution in [0.5, 0.6) is 0 Å². The molecule has 0 aromatic heterocycles. The van der Waals surface area contributed by atoms with Crippen LogP contribution < -0.4 is 0 Å². The van der Waals surface area contributed by atoms with Crippen molar-refractivity contribution in [3.63, 3.8) is 0 Å². The van der Waals surface area contributed by atoms with Crippen molar-refractivity contribution >= 4 is 17.8 Å². The molecular formula is C26H27NO4. The maximum Gasteiger partial charge on any atom is 0.329 e. The Morgan fingerprint density at radius 2 is 1.29 bits per heavy atom. The summed E-state index contributed by atoms with van der Waals surface area (Å²) in [4.78, 5) is 41.6. The van der Waals surface area contributed by atoms with Gasteiger partial charge in [-0.25, -0.2) is 4.79 Å². The first-order valence-electron chi connectivity index (χ1n) is 11.2. The Balaban J connectivity index is 1.64. The average molecular weight is 418 g/mol. The number of esters is 1. The molecule has 2 aromatic carbocycles. The Morgan fingerprint density at radius 1 is 0.871 bits per heavy atom. The van der Waals surface area contributed by atoms with E-state index in [1.54, 1.807) is 6.92 Å². The molecule has 1 fully saturated rings. The zero-order valence-corrected chi connectivity index (χ0v) is 18.1. The van der Waals surface area contributed by atoms with E-state index in [2.05, 4.69) is 24.3 Å². The van der Waals surface area contributed by atoms with Gasteiger partial charge in [-0.05, 0) is 41.5 Å². The highest BCUT2D eigenvalue weighted by Crippen LogP contribution is 2.61. The molecule has 0 unspecified atom stereocenters. The Labute approximate surface area is 182 Å². The summed E-state index contributed by atoms with van der Waals surface area (Å²) in [6.45, 7) is 5.93. The smallest absolute Gasteiger partial charge is 0.329 e. The molecule has 0 spiro atoms. The molecule has 2 bridgehead atoms. The molecular weight excluding hydrogens is 390 g/mol. The first kappa shape index (κ1) is 20.0. The normalized spacial score (nSPS) is 26.5. The second-order valence-corrected chi connectivity index (χ2v) is 9.21. The largest absolute Gasteiger partial charge is 0.464 e. The number of rotatable bonds is 5. The highest BCUT2D eigenvalue weighted by molar-refractivity contribution is 6.10. The summed E-state index contributed by atoms with van der Waals surface area (Å²) in [5, 5.41) is 0. The van der Waals surface area contributed by atoms with Crippen molar-refractivity contribution in [2.24, 2.45) is 17.8 Å². The fraction of sp³-hybridized carbons (Fsp3) is 0.423. The van der Waals surface area contributed by atoms with Gasteiger partial charge >= 0.3 is 5.97 Å². The Kier molecular flexibility index (Phi) is 4.72. The zero-order chi connectivity index (χ0) is 21.9. The van der Waals surface area contributed by atoms with E-state index in [1.165, 1.54) is 4.90 Å². The van der Waals surface area contributed by atoms with Gasteiger partial charge in [0, 0.05) is 11.8 Å². The predicted octanol–water partition coefficient (Wildman–Crippen LogP) is 3.86. The third-order valence-electron chi connectivity index (χ3n) is 7.05. The molecule has 0 saturated carbocycles. The molecule has 1 aliphatic heterocycles. The van der Waals surface area contributed by atoms with E-state index in [4.69, 9.17) is 4.74 Å². The lowest BCUT2D eigenvalue weighted by molar-refractivity contribution is -0.159. The van der Waals surface area contributed by atoms with Crippen LogP contribution in [0.2, 0.25) is 0 Å². The number of ether oxygens (including phenoxy) is 1. The van der Waals surface area contributed by atoms with Crippen molar-refractivity contribution in [3.05, 3.63) is 70.8 Å². The van der Waals surface area contributed by atoms with Gasteiger partial charge in [0.05, 0.1) is 18.4 Å². The van der Waals surface area contributed by atoms with Crippen LogP contribution in [0.25, 0.3) is 0 Å². The number of benzene rings is 2. The maximum absolute atomic E-state index is 13.8. The van der Waals surface area contributed by atoms with Gasteiger partial charge in [-0.1, -0.05) is 62.4 Å². The monoisotopic (exact) mass is 417 g/mol. The number of amides is 2. The first-order chi connectivity index (χ1) is 15.0. The molecule has 3 atom stereocenters. The average Bonchev–Trinajstić information content (AvgIpc) is 3.03. The molecule has 0 N–H and O–H groups in total. The van der Waals surface area contributed by atoms with Crippen LogP contribution in [0.4, 0.5) is 0 Å². The second-order valence-electron chi connectivity index (χ2n) is 9.21. The molecule has 2 amide bonds. The maximum atomic E-state index is 13.8. The Hall–Kier alpha value is -2.95. The SMILES string of the molecule is CCOC(=O)[C@H](CC(C)C)N1C(=O)[C@H]2C3c4ccccc4C(c4ccccc43)[C@@H]2C1=O. The van der Waals surface area contributed by atoms with Gasteiger partial charge in [-0.15, -0.1) is 0 Å². The van der Waals surface area contributed by atoms with Gasteiger partial charge in [0.25, 0.3) is 0 Å². The summed E-state index contributed by atoms with van der Waals surface area (Å²) in [7, 11) is 0. The van der Waals surface area contributed by atoms with E-state index in [0.717, 1.165) is 22.3 Å². The summed E-state index contributed by atoms with van der Waals surface area (Å²) < 4.78 is 5.28. The molecule has 4 aliphatic rings. The van der Waals surface area contributed by atoms with E-state index in [0.29, 0.717) is 6.42 Å². The minimum atomic E-state index is -0.865. The van der Waals surface area contributed by atoms with Crippen molar-refractivity contribution in [1.82, 2.24) is 4.90 Å². The minimum Gasteiger partial charge on any atom is -0.464 e. The number of carbonyl (C=O) groups is 3. The summed E-state index contributed by atoms with van der Waals surface area (Å²) in [6, 6.07) is 15.4. The summed E-state index contributed by atoms with van der Waals surface area (Å²) in [5.41, 5.74) is 4.53. The van der Waals surface area contributed by atoms with Crippen LogP contribution >= 0.6 is 0 Å². The van der Waals surface area contributed by atoms with Crippen LogP contribution in [0.3, 0.4) is 0 Å². The summed E-state index contributed by atoms with van der Waals surface area (Å²) in [6.07, 6.45) is 0.408. The summed E-state index contributed by atoms with van der Waals surface area (Å²) >= 11 is 0. The van der Waals surface area contributed by atoms with Crippen molar-refractivity contribution in [3.8, 4) is 0 Å². The Morgan fingerprint density at radius 3 is 1.65 bits per heavy atom. The topological polar surface area (TPSA) is 63.7 Å². The molecule has 3 aliphatic carbocycles. The standard InChI is InChI=1S/C26H27NO4/c1-4-31-26(30)19(13-14(2)3)27-24(28)22-20-15-9-5-6-10-16(15)21(23(22)25(27)29)18-12-8-7-11-17(18)20/h5-12,14,19-23H,4,13H2,1-3H3/t19-,20?,21?,22-,23-/m0/s1. The van der Waals surface area contributed by atoms with E-state index in [-0.39, 0.29) is 36.2 Å². The lowest BCUT2D eigenvalue weighted by Gasteiger charge is -2.45. The van der Waals surface area contributed by atoms with Crippen LogP contribution in [-0.2, 0) is 19.1 Å². The lowest BCUT2D eigenvalue weighted by atomic mass is 9.55. The Bertz CT molecular complexity index is 959. The fourth-order valence-corrected chi connectivity index (χ4v) is 6.00. The molecule has 2 aromatic rings. The van der Waals surface area contributed by atoms with Gasteiger partial charge in [0.1, 0.15) is 6.04 Å². The van der Waals surface area contributed by atoms with Crippen LogP contribution in [0.1, 0.15) is 61.3 Å². The number of hydrogen-bond acceptors (Lipinski definition) is 4. The molecule has 1 saturated heterocycles. The van der Waals surface area contributed by atoms with Crippen molar-refractivity contribution in [1.29, 1.82) is 0 Å². The lowest BCUT2D eigenvalue weighted by Crippen LogP contribution is -2.47. The highest BCUT2D eigenvalue weighted by atomic mass is 16.5. The van der Waals surface area contributed by atoms with Crippen LogP contribution in [0, 0.1) is 17.8 Å². The second kappa shape index (κ2) is 7.33. The van der Waals surface area contributed by atoms with Crippen LogP contribution in [-0.4, -0.2) is 35.3 Å². The number of hydrogen-bond donors (Lipinski definition) is 0. The molecule has 5 heteroatoms. The zero-order valence-electron chi connectivity index (χ0n) is 18.1. The van der Waals surface area contributed by atoms with Gasteiger partial charge in [-0.3, -0.25) is 14.5 Å². The fourth-order valence-electron chi connectivity index (χ4n) is 6.00. The van der Waals surface area contributed by atoms with Crippen molar-refractivity contribution < 1.29 is 19.1 Å². The molecule has 6 rings (SSSR count). The quantitative estimate of drug-likeness (QED) is 0.548. The number of carbonyl (C=O) groups excluding carboxylic acids is 3. The minimum absolute atomic E-state index is 0.142. The van der Waals surface area contributed by atoms with Crippen LogP contribution in [0.15, 0.2) is 48.5 Å². The predicted molar refractivity (Wildman–Crippen MR) is 115 cm³/mol. The number of likely N-dealkylation sites (tertiary alicyclic amines) is 1. The molecule has 5 nitrogen and oxygen atoms in total. The molecule has 0 radical (unpaired) electrons. The molecule has 1 heterocycles. The number of nitrogens with zero attached hydrogens (tertiary/aromatic N) is 1. The van der Waals surface area contributed by atoms with Gasteiger partial charge in [-0.2, -0.15) is 0 Å². The third kappa shape index (κ3) is 2.79. The van der Waals surface area contributed by atoms with E-state index >= 15 is 0 Å². The number of imide groups is 1. The van der Waals surface area contributed by atoms with E-state index in [1.807, 2.05) is 38.1 Å².